The Balaban J connectivity index is 1.03. The van der Waals surface area contributed by atoms with Gasteiger partial charge >= 0.3 is 0 Å². The lowest BCUT2D eigenvalue weighted by Crippen LogP contribution is -2.71. The third-order valence-corrected chi connectivity index (χ3v) is 21.2. The van der Waals surface area contributed by atoms with E-state index in [2.05, 4.69) is 47.9 Å². The van der Waals surface area contributed by atoms with Crippen LogP contribution in [0.5, 0.6) is 0 Å². The molecular formula is C63H101N9O37. The highest BCUT2D eigenvalue weighted by Gasteiger charge is 2.61. The van der Waals surface area contributed by atoms with Crippen LogP contribution in [-0.4, -0.2) is 390 Å². The quantitative estimate of drug-likeness (QED) is 0.0266. The summed E-state index contributed by atoms with van der Waals surface area (Å²) in [6.07, 6.45) is -60.9. The molecule has 46 nitrogen and oxygen atoms in total. The Morgan fingerprint density at radius 1 is 0.193 bits per heavy atom. The second-order valence-corrected chi connectivity index (χ2v) is 27.9. The van der Waals surface area contributed by atoms with Crippen LogP contribution >= 0.6 is 0 Å². The molecule has 20 N–H and O–H groups in total. The molecule has 9 aliphatic rings. The number of hydrogen-bond donors (Lipinski definition) is 20. The minimum Gasteiger partial charge on any atom is -0.388 e. The molecule has 9 fully saturated rings. The van der Waals surface area contributed by atoms with E-state index in [1.807, 2.05) is 0 Å². The first kappa shape index (κ1) is 87.1. The molecular weight excluding hydrogens is 1470 g/mol. The topological polar surface area (TPSA) is 641 Å². The van der Waals surface area contributed by atoms with Crippen LogP contribution in [0.3, 0.4) is 0 Å². The molecule has 46 heteroatoms. The first-order valence-corrected chi connectivity index (χ1v) is 35.4. The van der Waals surface area contributed by atoms with Gasteiger partial charge < -0.3 is 185 Å². The molecule has 9 amide bonds. The van der Waals surface area contributed by atoms with Crippen molar-refractivity contribution < 1.29 is 180 Å². The Hall–Kier alpha value is -5.89. The van der Waals surface area contributed by atoms with Gasteiger partial charge in [0.25, 0.3) is 0 Å². The maximum atomic E-state index is 12.7. The molecule has 0 unspecified atom stereocenters. The highest BCUT2D eigenvalue weighted by Crippen LogP contribution is 2.41. The minimum atomic E-state index is -2.23. The lowest BCUT2D eigenvalue weighted by atomic mass is 9.93. The van der Waals surface area contributed by atoms with E-state index in [0.29, 0.717) is 0 Å². The largest absolute Gasteiger partial charge is 0.388 e. The Labute approximate surface area is 621 Å². The first-order chi connectivity index (χ1) is 52.0. The van der Waals surface area contributed by atoms with Crippen molar-refractivity contribution in [3.05, 3.63) is 0 Å². The van der Waals surface area contributed by atoms with Gasteiger partial charge in [0.1, 0.15) is 110 Å². The Morgan fingerprint density at radius 2 is 0.358 bits per heavy atom. The summed E-state index contributed by atoms with van der Waals surface area (Å²) in [5, 5.41) is 153. The molecule has 9 aliphatic heterocycles. The average Bonchev–Trinajstić information content (AvgIpc) is 0.768. The summed E-state index contributed by atoms with van der Waals surface area (Å²) in [7, 11) is 0. The van der Waals surface area contributed by atoms with Crippen molar-refractivity contribution in [2.45, 2.75) is 338 Å². The van der Waals surface area contributed by atoms with E-state index in [1.165, 1.54) is 62.3 Å². The summed E-state index contributed by atoms with van der Waals surface area (Å²) in [5.41, 5.74) is 0. The van der Waals surface area contributed by atoms with Gasteiger partial charge in [0.05, 0.1) is 109 Å². The van der Waals surface area contributed by atoms with Crippen LogP contribution in [0.15, 0.2) is 0 Å². The Bertz CT molecular complexity index is 2960. The smallest absolute Gasteiger partial charge is 0.207 e. The number of carbonyl (C=O) groups excluding carboxylic acids is 9. The van der Waals surface area contributed by atoms with E-state index >= 15 is 0 Å². The summed E-state index contributed by atoms with van der Waals surface area (Å²) >= 11 is 0. The lowest BCUT2D eigenvalue weighted by molar-refractivity contribution is -0.401. The van der Waals surface area contributed by atoms with E-state index in [1.54, 1.807) is 0 Å². The number of aliphatic hydroxyl groups is 11. The van der Waals surface area contributed by atoms with Gasteiger partial charge in [0.2, 0.25) is 57.7 Å². The Kier molecular flexibility index (Phi) is 31.0. The summed E-state index contributed by atoms with van der Waals surface area (Å²) in [6, 6.07) is -12.0. The molecule has 0 aromatic heterocycles. The van der Waals surface area contributed by atoms with Crippen LogP contribution in [0.25, 0.3) is 0 Å². The summed E-state index contributed by atoms with van der Waals surface area (Å²) < 4.78 is 106. The monoisotopic (exact) mass is 1580 g/mol. The number of carbonyl (C=O) groups is 9. The fourth-order valence-corrected chi connectivity index (χ4v) is 15.3. The van der Waals surface area contributed by atoms with Gasteiger partial charge in [-0.05, 0) is 62.3 Å². The van der Waals surface area contributed by atoms with Crippen molar-refractivity contribution in [1.29, 1.82) is 0 Å². The molecule has 0 radical (unpaired) electrons. The van der Waals surface area contributed by atoms with Gasteiger partial charge in [-0.15, -0.1) is 0 Å². The predicted molar refractivity (Wildman–Crippen MR) is 347 cm³/mol. The Morgan fingerprint density at radius 3 is 0.606 bits per heavy atom. The van der Waals surface area contributed by atoms with Gasteiger partial charge in [-0.1, -0.05) is 0 Å². The number of nitrogens with one attached hydrogen (secondary N) is 9. The van der Waals surface area contributed by atoms with Gasteiger partial charge in [0, 0.05) is 0 Å². The van der Waals surface area contributed by atoms with Crippen molar-refractivity contribution in [2.75, 3.05) is 0 Å². The van der Waals surface area contributed by atoms with Crippen molar-refractivity contribution in [3.8, 4) is 0 Å². The molecule has 0 spiro atoms. The molecule has 0 saturated carbocycles. The molecule has 620 valence electrons. The van der Waals surface area contributed by atoms with Gasteiger partial charge in [-0.3, -0.25) is 43.2 Å². The average molecular weight is 1580 g/mol. The van der Waals surface area contributed by atoms with E-state index in [9.17, 15) is 99.3 Å². The molecule has 9 heterocycles. The maximum Gasteiger partial charge on any atom is 0.207 e. The van der Waals surface area contributed by atoms with Gasteiger partial charge in [-0.25, -0.2) is 0 Å². The molecule has 9 rings (SSSR count). The fraction of sp³-hybridized carbons (Fsp3) is 0.857. The zero-order valence-corrected chi connectivity index (χ0v) is 60.2. The highest BCUT2D eigenvalue weighted by atomic mass is 16.8. The number of hydrogen-bond acceptors (Lipinski definition) is 37. The molecule has 0 aliphatic carbocycles. The van der Waals surface area contributed by atoms with E-state index in [4.69, 9.17) is 80.5 Å². The normalized spacial score (nSPS) is 49.5. The highest BCUT2D eigenvalue weighted by molar-refractivity contribution is 5.50. The fourth-order valence-electron chi connectivity index (χ4n) is 15.3. The minimum absolute atomic E-state index is 0.206. The van der Waals surface area contributed by atoms with E-state index in [-0.39, 0.29) is 57.7 Å². The summed E-state index contributed by atoms with van der Waals surface area (Å²) in [4.78, 5) is 108. The zero-order chi connectivity index (χ0) is 79.7. The molecule has 0 aromatic carbocycles. The molecule has 109 heavy (non-hydrogen) atoms. The van der Waals surface area contributed by atoms with E-state index < -0.39 is 276 Å². The number of aliphatic hydroxyl groups excluding tert-OH is 11. The third-order valence-electron chi connectivity index (χ3n) is 21.2. The maximum absolute atomic E-state index is 12.7. The number of amides is 9. The van der Waals surface area contributed by atoms with Crippen molar-refractivity contribution >= 4 is 57.7 Å². The number of ether oxygens (including phenoxy) is 17. The van der Waals surface area contributed by atoms with E-state index in [0.717, 1.165) is 0 Å². The van der Waals surface area contributed by atoms with Crippen LogP contribution in [0.1, 0.15) is 62.3 Å². The predicted octanol–water partition coefficient (Wildman–Crippen LogP) is -13.6. The second-order valence-electron chi connectivity index (χ2n) is 27.9. The summed E-state index contributed by atoms with van der Waals surface area (Å²) in [5.74, 6) is 0. The molecule has 9 saturated heterocycles. The van der Waals surface area contributed by atoms with Crippen LogP contribution in [0, 0.1) is 0 Å². The van der Waals surface area contributed by atoms with Gasteiger partial charge in [-0.2, -0.15) is 0 Å². The van der Waals surface area contributed by atoms with Crippen molar-refractivity contribution in [2.24, 2.45) is 0 Å². The summed E-state index contributed by atoms with van der Waals surface area (Å²) in [6.45, 7) is 12.6. The van der Waals surface area contributed by atoms with Crippen LogP contribution < -0.4 is 47.9 Å². The number of rotatable bonds is 34. The standard InChI is InChI=1S/C63H101N9O37/c1-19-29(65-11-74)38(83)48(55(92)93-19)103-59-52(42(87)33(69-15-78)22(4)97-59)107-63-54(44(89)35(71-17-80)26(8)101-63)109-61-50(40(85)31(67-13-76)24(6)99-61)105-57-46(91)47(36(72-18-81)27(9)95-57)102-58-51(41(86)32(68-14-77)21(3)96-58)106-62-53(43(88)34(70-16-79)25(7)100-62)108-60-49(39(84)30(66-12-75)23(5)98-60)104-56-45(90)37(82)28(64-10-73)20(2)94-56/h10-63,82-92H,1-9H3,(H,64,73)(H,65,74)(H,66,75)(H,67,76)(H,68,77)(H,69,78)(H,70,79)(H,71,80)(H,72,81)/t19-,20-,21-,22-,23-,24-,25-,26-,27-,28-,29-,30-,31-,32-,33-,34-,35-,36-,37+,38+,39+,40+,41+,42+,43+,44+,45+,46+,47+,48+,49+,50+,51+,52+,53+,54+,55+,56-,57-,58-,59-,60-,61-,62-,63-/m1/s1. The lowest BCUT2D eigenvalue weighted by Gasteiger charge is -2.52. The third kappa shape index (κ3) is 18.8. The zero-order valence-electron chi connectivity index (χ0n) is 60.2. The van der Waals surface area contributed by atoms with Crippen molar-refractivity contribution in [1.82, 2.24) is 47.9 Å². The first-order valence-electron chi connectivity index (χ1n) is 35.4. The van der Waals surface area contributed by atoms with Crippen LogP contribution in [-0.2, 0) is 124 Å². The SMILES string of the molecule is C[C@H]1O[C@H](O[C@@H]2[C@@H](O[C@@H]3[C@@H](O[C@@H]4[C@@H](O[C@@H]5[C@H](O)[C@@H](O[C@@H]6[C@@H](O[C@@H]7[C@@H](O[C@@H]8[C@@H](O[C@H]9[C@@H](O)[C@H](NC=O)[C@@H](C)O[C@@H]9O)O[C@H](C)[C@@H](NC=O)[C@@H]8O)O[C@H](C)[C@@H](NC=O)[C@@H]7O)O[C@H](C)[C@@H](NC=O)[C@@H]6O)O[C@H](C)[C@H]5NC=O)O[C@H](C)[C@@H](NC=O)[C@@H]4O)O[C@H](C)[C@@H](NC=O)[C@@H]3O)O[C@H](C)[C@@H](NC=O)[C@@H]2O)[C@@H](O)[C@@H](O)[C@@H]1NC=O. The molecule has 0 bridgehead atoms. The van der Waals surface area contributed by atoms with Crippen LogP contribution in [0.2, 0.25) is 0 Å². The molecule has 0 aromatic rings. The van der Waals surface area contributed by atoms with Crippen LogP contribution in [0.4, 0.5) is 0 Å². The second kappa shape index (κ2) is 38.8. The molecule has 45 atom stereocenters. The van der Waals surface area contributed by atoms with Crippen molar-refractivity contribution in [3.63, 3.8) is 0 Å². The van der Waals surface area contributed by atoms with Gasteiger partial charge in [0.15, 0.2) is 56.6 Å².